The van der Waals surface area contributed by atoms with E-state index in [1.807, 2.05) is 29.2 Å². The highest BCUT2D eigenvalue weighted by atomic mass is 16.5. The van der Waals surface area contributed by atoms with Crippen molar-refractivity contribution >= 4 is 23.5 Å². The maximum Gasteiger partial charge on any atom is 0.262 e. The van der Waals surface area contributed by atoms with Crippen molar-refractivity contribution in [3.63, 3.8) is 0 Å². The number of amides is 2. The summed E-state index contributed by atoms with van der Waals surface area (Å²) in [5.74, 6) is 1.57. The first-order valence-corrected chi connectivity index (χ1v) is 11.1. The summed E-state index contributed by atoms with van der Waals surface area (Å²) in [4.78, 5) is 37.4. The maximum absolute atomic E-state index is 12.7. The van der Waals surface area contributed by atoms with Crippen molar-refractivity contribution in [1.29, 1.82) is 0 Å². The molecule has 0 spiro atoms. The van der Waals surface area contributed by atoms with Crippen molar-refractivity contribution < 1.29 is 19.1 Å². The van der Waals surface area contributed by atoms with Gasteiger partial charge in [-0.15, -0.1) is 0 Å². The highest BCUT2D eigenvalue weighted by Gasteiger charge is 2.22. The van der Waals surface area contributed by atoms with Crippen LogP contribution in [0.3, 0.4) is 0 Å². The molecule has 2 heterocycles. The number of carbonyl (C=O) groups is 2. The number of benzene rings is 2. The second-order valence-corrected chi connectivity index (χ2v) is 7.78. The Labute approximate surface area is 198 Å². The summed E-state index contributed by atoms with van der Waals surface area (Å²) >= 11 is 0. The Morgan fingerprint density at radius 1 is 0.912 bits per heavy atom. The lowest BCUT2D eigenvalue weighted by Gasteiger charge is -2.34. The average molecular weight is 462 g/mol. The highest BCUT2D eigenvalue weighted by molar-refractivity contribution is 5.92. The molecule has 0 atom stereocenters. The summed E-state index contributed by atoms with van der Waals surface area (Å²) in [5, 5.41) is 2.80. The van der Waals surface area contributed by atoms with Gasteiger partial charge in [-0.25, -0.2) is 9.97 Å². The zero-order chi connectivity index (χ0) is 23.8. The molecule has 2 amide bonds. The van der Waals surface area contributed by atoms with E-state index in [-0.39, 0.29) is 18.4 Å². The number of carbonyl (C=O) groups excluding carboxylic acids is 2. The minimum Gasteiger partial charge on any atom is -0.493 e. The standard InChI is InChI=1S/C25H27N5O4/c1-33-21-5-2-3-6-22(21)34-18-23(31)28-20-9-7-19(8-10-20)17-24(32)29-13-15-30(16-14-29)25-26-11-4-12-27-25/h2-12H,13-18H2,1H3,(H,28,31). The molecule has 1 aliphatic rings. The molecule has 2 aromatic carbocycles. The zero-order valence-electron chi connectivity index (χ0n) is 19.0. The van der Waals surface area contributed by atoms with Crippen molar-refractivity contribution in [3.05, 3.63) is 72.6 Å². The molecule has 0 bridgehead atoms. The van der Waals surface area contributed by atoms with Crippen LogP contribution in [0, 0.1) is 0 Å². The topological polar surface area (TPSA) is 96.9 Å². The van der Waals surface area contributed by atoms with Gasteiger partial charge in [-0.2, -0.15) is 0 Å². The van der Waals surface area contributed by atoms with Crippen LogP contribution in [-0.2, 0) is 16.0 Å². The molecule has 1 N–H and O–H groups in total. The van der Waals surface area contributed by atoms with Crippen molar-refractivity contribution in [3.8, 4) is 11.5 Å². The third kappa shape index (κ3) is 6.00. The summed E-state index contributed by atoms with van der Waals surface area (Å²) < 4.78 is 10.8. The molecule has 3 aromatic rings. The molecule has 34 heavy (non-hydrogen) atoms. The molecular formula is C25H27N5O4. The highest BCUT2D eigenvalue weighted by Crippen LogP contribution is 2.25. The number of methoxy groups -OCH3 is 1. The van der Waals surface area contributed by atoms with Gasteiger partial charge in [-0.05, 0) is 35.9 Å². The molecule has 4 rings (SSSR count). The predicted octanol–water partition coefficient (Wildman–Crippen LogP) is 2.39. The number of anilines is 2. The number of rotatable bonds is 8. The fourth-order valence-corrected chi connectivity index (χ4v) is 3.68. The van der Waals surface area contributed by atoms with Crippen molar-refractivity contribution in [2.75, 3.05) is 50.1 Å². The summed E-state index contributed by atoms with van der Waals surface area (Å²) in [6.07, 6.45) is 3.76. The first-order chi connectivity index (χ1) is 16.6. The second-order valence-electron chi connectivity index (χ2n) is 7.78. The molecule has 0 radical (unpaired) electrons. The van der Waals surface area contributed by atoms with Crippen molar-refractivity contribution in [2.45, 2.75) is 6.42 Å². The van der Waals surface area contributed by atoms with E-state index >= 15 is 0 Å². The maximum atomic E-state index is 12.7. The fourth-order valence-electron chi connectivity index (χ4n) is 3.68. The third-order valence-electron chi connectivity index (χ3n) is 5.49. The number of hydrogen-bond donors (Lipinski definition) is 1. The summed E-state index contributed by atoms with van der Waals surface area (Å²) in [5.41, 5.74) is 1.53. The summed E-state index contributed by atoms with van der Waals surface area (Å²) in [7, 11) is 1.55. The third-order valence-corrected chi connectivity index (χ3v) is 5.49. The number of hydrogen-bond acceptors (Lipinski definition) is 7. The first-order valence-electron chi connectivity index (χ1n) is 11.1. The van der Waals surface area contributed by atoms with Gasteiger partial charge in [0.15, 0.2) is 18.1 Å². The Balaban J connectivity index is 1.23. The van der Waals surface area contributed by atoms with E-state index < -0.39 is 0 Å². The quantitative estimate of drug-likeness (QED) is 0.550. The molecule has 0 unspecified atom stereocenters. The number of nitrogens with zero attached hydrogens (tertiary/aromatic N) is 4. The molecule has 1 fully saturated rings. The number of piperazine rings is 1. The first kappa shape index (κ1) is 23.0. The van der Waals surface area contributed by atoms with Crippen LogP contribution in [0.25, 0.3) is 0 Å². The molecule has 1 aromatic heterocycles. The van der Waals surface area contributed by atoms with E-state index in [1.54, 1.807) is 49.8 Å². The molecule has 9 nitrogen and oxygen atoms in total. The summed E-state index contributed by atoms with van der Waals surface area (Å²) in [6, 6.07) is 16.2. The van der Waals surface area contributed by atoms with Gasteiger partial charge in [0.1, 0.15) is 0 Å². The van der Waals surface area contributed by atoms with Crippen LogP contribution < -0.4 is 19.7 Å². The van der Waals surface area contributed by atoms with E-state index in [0.29, 0.717) is 55.7 Å². The van der Waals surface area contributed by atoms with Crippen LogP contribution in [0.1, 0.15) is 5.56 Å². The lowest BCUT2D eigenvalue weighted by molar-refractivity contribution is -0.130. The normalized spacial score (nSPS) is 13.3. The number of para-hydroxylation sites is 2. The minimum atomic E-state index is -0.282. The number of nitrogens with one attached hydrogen (secondary N) is 1. The smallest absolute Gasteiger partial charge is 0.262 e. The lowest BCUT2D eigenvalue weighted by Crippen LogP contribution is -2.49. The van der Waals surface area contributed by atoms with Gasteiger partial charge < -0.3 is 24.6 Å². The molecule has 0 saturated carbocycles. The van der Waals surface area contributed by atoms with Crippen molar-refractivity contribution in [2.24, 2.45) is 0 Å². The van der Waals surface area contributed by atoms with E-state index in [0.717, 1.165) is 5.56 Å². The summed E-state index contributed by atoms with van der Waals surface area (Å²) in [6.45, 7) is 2.55. The molecule has 9 heteroatoms. The van der Waals surface area contributed by atoms with Gasteiger partial charge in [0, 0.05) is 44.3 Å². The number of ether oxygens (including phenoxy) is 2. The van der Waals surface area contributed by atoms with E-state index in [9.17, 15) is 9.59 Å². The fraction of sp³-hybridized carbons (Fsp3) is 0.280. The van der Waals surface area contributed by atoms with Gasteiger partial charge in [0.25, 0.3) is 5.91 Å². The van der Waals surface area contributed by atoms with Crippen LogP contribution in [0.2, 0.25) is 0 Å². The average Bonchev–Trinajstić information content (AvgIpc) is 2.89. The van der Waals surface area contributed by atoms with E-state index in [1.165, 1.54) is 0 Å². The molecule has 1 saturated heterocycles. The van der Waals surface area contributed by atoms with Gasteiger partial charge in [0.2, 0.25) is 11.9 Å². The van der Waals surface area contributed by atoms with Gasteiger partial charge in [-0.1, -0.05) is 24.3 Å². The second kappa shape index (κ2) is 11.1. The van der Waals surface area contributed by atoms with E-state index in [4.69, 9.17) is 9.47 Å². The Hall–Kier alpha value is -4.14. The molecule has 176 valence electrons. The van der Waals surface area contributed by atoms with Gasteiger partial charge in [-0.3, -0.25) is 9.59 Å². The molecule has 1 aliphatic heterocycles. The van der Waals surface area contributed by atoms with Crippen LogP contribution in [-0.4, -0.2) is 66.6 Å². The monoisotopic (exact) mass is 461 g/mol. The zero-order valence-corrected chi connectivity index (χ0v) is 19.0. The Kier molecular flexibility index (Phi) is 7.54. The molecular weight excluding hydrogens is 434 g/mol. The van der Waals surface area contributed by atoms with Crippen LogP contribution >= 0.6 is 0 Å². The Morgan fingerprint density at radius 3 is 2.26 bits per heavy atom. The Morgan fingerprint density at radius 2 is 1.59 bits per heavy atom. The van der Waals surface area contributed by atoms with Gasteiger partial charge >= 0.3 is 0 Å². The molecule has 0 aliphatic carbocycles. The van der Waals surface area contributed by atoms with Crippen LogP contribution in [0.4, 0.5) is 11.6 Å². The SMILES string of the molecule is COc1ccccc1OCC(=O)Nc1ccc(CC(=O)N2CCN(c3ncccn3)CC2)cc1. The van der Waals surface area contributed by atoms with Crippen LogP contribution in [0.15, 0.2) is 67.0 Å². The minimum absolute atomic E-state index is 0.0793. The Bertz CT molecular complexity index is 1100. The van der Waals surface area contributed by atoms with Gasteiger partial charge in [0.05, 0.1) is 13.5 Å². The predicted molar refractivity (Wildman–Crippen MR) is 128 cm³/mol. The van der Waals surface area contributed by atoms with Crippen LogP contribution in [0.5, 0.6) is 11.5 Å². The number of aromatic nitrogens is 2. The largest absolute Gasteiger partial charge is 0.493 e. The lowest BCUT2D eigenvalue weighted by atomic mass is 10.1. The van der Waals surface area contributed by atoms with E-state index in [2.05, 4.69) is 20.2 Å². The van der Waals surface area contributed by atoms with Crippen molar-refractivity contribution in [1.82, 2.24) is 14.9 Å².